The molecule has 0 radical (unpaired) electrons. The fourth-order valence-corrected chi connectivity index (χ4v) is 3.63. The number of guanidine groups is 1. The van der Waals surface area contributed by atoms with Crippen LogP contribution in [0.1, 0.15) is 38.5 Å². The second-order valence-corrected chi connectivity index (χ2v) is 7.14. The van der Waals surface area contributed by atoms with E-state index in [4.69, 9.17) is 9.47 Å². The first-order valence-electron chi connectivity index (χ1n) is 9.99. The van der Waals surface area contributed by atoms with Crippen molar-refractivity contribution >= 4 is 29.9 Å². The summed E-state index contributed by atoms with van der Waals surface area (Å²) in [5.74, 6) is 1.00. The molecule has 0 aromatic carbocycles. The fraction of sp³-hybridized carbons (Fsp3) is 0.789. The van der Waals surface area contributed by atoms with Gasteiger partial charge in [-0.15, -0.1) is 24.0 Å². The summed E-state index contributed by atoms with van der Waals surface area (Å²) in [5, 5.41) is 3.48. The van der Waals surface area contributed by atoms with Gasteiger partial charge in [-0.05, 0) is 38.5 Å². The van der Waals surface area contributed by atoms with E-state index in [2.05, 4.69) is 24.8 Å². The highest BCUT2D eigenvalue weighted by Crippen LogP contribution is 2.17. The number of aliphatic imine (C=N–C) groups is 1. The van der Waals surface area contributed by atoms with E-state index in [-0.39, 0.29) is 24.0 Å². The Morgan fingerprint density at radius 3 is 2.81 bits per heavy atom. The number of aromatic nitrogens is 2. The van der Waals surface area contributed by atoms with Crippen molar-refractivity contribution < 1.29 is 9.47 Å². The van der Waals surface area contributed by atoms with Crippen LogP contribution in [0.15, 0.2) is 23.7 Å². The molecule has 1 aromatic heterocycles. The maximum absolute atomic E-state index is 6.10. The fourth-order valence-electron chi connectivity index (χ4n) is 3.63. The number of rotatable bonds is 7. The lowest BCUT2D eigenvalue weighted by molar-refractivity contribution is -0.0721. The molecule has 1 unspecified atom stereocenters. The van der Waals surface area contributed by atoms with Crippen LogP contribution < -0.4 is 5.32 Å². The summed E-state index contributed by atoms with van der Waals surface area (Å²) >= 11 is 0. The Kier molecular flexibility index (Phi) is 10.4. The highest BCUT2D eigenvalue weighted by atomic mass is 127. The van der Waals surface area contributed by atoms with Crippen LogP contribution in [-0.2, 0) is 16.0 Å². The van der Waals surface area contributed by atoms with E-state index in [9.17, 15) is 0 Å². The molecule has 3 heterocycles. The van der Waals surface area contributed by atoms with Crippen LogP contribution in [0.2, 0.25) is 0 Å². The Bertz CT molecular complexity index is 526. The largest absolute Gasteiger partial charge is 0.376 e. The number of imidazole rings is 1. The molecule has 27 heavy (non-hydrogen) atoms. The van der Waals surface area contributed by atoms with Gasteiger partial charge in [-0.3, -0.25) is 4.99 Å². The van der Waals surface area contributed by atoms with Crippen molar-refractivity contribution in [2.24, 2.45) is 4.99 Å². The van der Waals surface area contributed by atoms with Crippen molar-refractivity contribution in [2.75, 3.05) is 39.9 Å². The van der Waals surface area contributed by atoms with Crippen molar-refractivity contribution in [1.29, 1.82) is 0 Å². The monoisotopic (exact) mass is 491 g/mol. The Balaban J connectivity index is 0.00000261. The minimum absolute atomic E-state index is 0. The lowest BCUT2D eigenvalue weighted by atomic mass is 10.1. The first-order valence-corrected chi connectivity index (χ1v) is 9.99. The van der Waals surface area contributed by atoms with Crippen molar-refractivity contribution in [3.05, 3.63) is 18.7 Å². The lowest BCUT2D eigenvalue weighted by Crippen LogP contribution is -2.47. The number of piperidine rings is 1. The topological polar surface area (TPSA) is 63.9 Å². The smallest absolute Gasteiger partial charge is 0.193 e. The number of aryl methyl sites for hydroxylation is 1. The number of ether oxygens (including phenoxy) is 2. The summed E-state index contributed by atoms with van der Waals surface area (Å²) in [6, 6.07) is 0. The van der Waals surface area contributed by atoms with Crippen molar-refractivity contribution in [3.63, 3.8) is 0 Å². The van der Waals surface area contributed by atoms with Gasteiger partial charge in [-0.1, -0.05) is 0 Å². The van der Waals surface area contributed by atoms with Gasteiger partial charge in [0.1, 0.15) is 0 Å². The first-order chi connectivity index (χ1) is 12.8. The Morgan fingerprint density at radius 2 is 2.15 bits per heavy atom. The molecule has 3 rings (SSSR count). The standard InChI is InChI=1S/C19H33N5O2.HI/c1-20-19(22-8-4-10-23-13-9-21-16-23)24-11-6-17(7-12-24)26-15-18-5-2-3-14-25-18;/h9,13,16-18H,2-8,10-12,14-15H2,1H3,(H,20,22);1H. The molecule has 2 fully saturated rings. The van der Waals surface area contributed by atoms with E-state index in [1.807, 2.05) is 25.8 Å². The highest BCUT2D eigenvalue weighted by molar-refractivity contribution is 14.0. The molecule has 1 atom stereocenters. The van der Waals surface area contributed by atoms with Crippen molar-refractivity contribution in [3.8, 4) is 0 Å². The summed E-state index contributed by atoms with van der Waals surface area (Å²) in [5.41, 5.74) is 0. The van der Waals surface area contributed by atoms with Gasteiger partial charge in [0.05, 0.1) is 25.1 Å². The van der Waals surface area contributed by atoms with Gasteiger partial charge < -0.3 is 24.3 Å². The number of nitrogens with one attached hydrogen (secondary N) is 1. The molecule has 0 saturated carbocycles. The first kappa shape index (κ1) is 22.4. The molecule has 2 saturated heterocycles. The Hall–Kier alpha value is -0.870. The number of nitrogens with zero attached hydrogens (tertiary/aromatic N) is 4. The summed E-state index contributed by atoms with van der Waals surface area (Å²) in [6.07, 6.45) is 13.1. The molecule has 2 aliphatic heterocycles. The average molecular weight is 491 g/mol. The number of halogens is 1. The summed E-state index contributed by atoms with van der Waals surface area (Å²) < 4.78 is 14.0. The number of likely N-dealkylation sites (tertiary alicyclic amines) is 1. The van der Waals surface area contributed by atoms with E-state index >= 15 is 0 Å². The molecule has 1 aromatic rings. The Morgan fingerprint density at radius 1 is 1.30 bits per heavy atom. The predicted octanol–water partition coefficient (Wildman–Crippen LogP) is 2.52. The van der Waals surface area contributed by atoms with E-state index in [0.717, 1.165) is 71.0 Å². The van der Waals surface area contributed by atoms with Gasteiger partial charge in [0.15, 0.2) is 5.96 Å². The average Bonchev–Trinajstić information content (AvgIpc) is 3.21. The van der Waals surface area contributed by atoms with Gasteiger partial charge in [-0.25, -0.2) is 4.98 Å². The minimum atomic E-state index is 0. The van der Waals surface area contributed by atoms with Crippen LogP contribution in [0, 0.1) is 0 Å². The van der Waals surface area contributed by atoms with Crippen molar-refractivity contribution in [1.82, 2.24) is 19.8 Å². The summed E-state index contributed by atoms with van der Waals surface area (Å²) in [6.45, 7) is 5.54. The third kappa shape index (κ3) is 7.57. The molecule has 7 nitrogen and oxygen atoms in total. The van der Waals surface area contributed by atoms with Gasteiger partial charge in [-0.2, -0.15) is 0 Å². The van der Waals surface area contributed by atoms with E-state index in [1.165, 1.54) is 12.8 Å². The third-order valence-corrected chi connectivity index (χ3v) is 5.18. The van der Waals surface area contributed by atoms with Crippen molar-refractivity contribution in [2.45, 2.75) is 57.3 Å². The van der Waals surface area contributed by atoms with Crippen LogP contribution in [-0.4, -0.2) is 72.5 Å². The molecule has 0 aliphatic carbocycles. The maximum Gasteiger partial charge on any atom is 0.193 e. The number of hydrogen-bond donors (Lipinski definition) is 1. The Labute approximate surface area is 179 Å². The van der Waals surface area contributed by atoms with Crippen LogP contribution in [0.5, 0.6) is 0 Å². The zero-order valence-electron chi connectivity index (χ0n) is 16.4. The normalized spacial score (nSPS) is 21.7. The zero-order chi connectivity index (χ0) is 18.0. The molecule has 1 N–H and O–H groups in total. The van der Waals surface area contributed by atoms with E-state index in [0.29, 0.717) is 12.2 Å². The second-order valence-electron chi connectivity index (χ2n) is 7.14. The van der Waals surface area contributed by atoms with Gasteiger partial charge in [0, 0.05) is 52.2 Å². The maximum atomic E-state index is 6.10. The third-order valence-electron chi connectivity index (χ3n) is 5.18. The van der Waals surface area contributed by atoms with Gasteiger partial charge in [0.2, 0.25) is 0 Å². The van der Waals surface area contributed by atoms with Gasteiger partial charge >= 0.3 is 0 Å². The highest BCUT2D eigenvalue weighted by Gasteiger charge is 2.23. The molecule has 0 spiro atoms. The van der Waals surface area contributed by atoms with Crippen LogP contribution in [0.3, 0.4) is 0 Å². The molecule has 0 amide bonds. The van der Waals surface area contributed by atoms with Crippen LogP contribution in [0.25, 0.3) is 0 Å². The number of hydrogen-bond acceptors (Lipinski definition) is 4. The molecule has 2 aliphatic rings. The zero-order valence-corrected chi connectivity index (χ0v) is 18.7. The molecule has 0 bridgehead atoms. The second kappa shape index (κ2) is 12.6. The van der Waals surface area contributed by atoms with Crippen LogP contribution >= 0.6 is 24.0 Å². The summed E-state index contributed by atoms with van der Waals surface area (Å²) in [7, 11) is 1.86. The minimum Gasteiger partial charge on any atom is -0.376 e. The SMILES string of the molecule is CN=C(NCCCn1ccnc1)N1CCC(OCC2CCCCO2)CC1.I. The van der Waals surface area contributed by atoms with E-state index in [1.54, 1.807) is 0 Å². The summed E-state index contributed by atoms with van der Waals surface area (Å²) in [4.78, 5) is 10.9. The molecular formula is C19H34IN5O2. The van der Waals surface area contributed by atoms with Crippen LogP contribution in [0.4, 0.5) is 0 Å². The predicted molar refractivity (Wildman–Crippen MR) is 118 cm³/mol. The molecular weight excluding hydrogens is 457 g/mol. The molecule has 154 valence electrons. The quantitative estimate of drug-likeness (QED) is 0.275. The van der Waals surface area contributed by atoms with E-state index < -0.39 is 0 Å². The lowest BCUT2D eigenvalue weighted by Gasteiger charge is -2.35. The molecule has 8 heteroatoms. The van der Waals surface area contributed by atoms with Gasteiger partial charge in [0.25, 0.3) is 0 Å².